The maximum atomic E-state index is 4.53. The summed E-state index contributed by atoms with van der Waals surface area (Å²) in [6.07, 6.45) is 0. The van der Waals surface area contributed by atoms with Gasteiger partial charge in [0.05, 0.1) is 0 Å². The van der Waals surface area contributed by atoms with Crippen LogP contribution >= 0.6 is 0 Å². The van der Waals surface area contributed by atoms with Crippen LogP contribution in [0, 0.1) is 0 Å². The zero-order valence-electron chi connectivity index (χ0n) is 16.8. The molecule has 0 heterocycles. The van der Waals surface area contributed by atoms with Crippen LogP contribution in [-0.4, -0.2) is 0 Å². The van der Waals surface area contributed by atoms with Crippen molar-refractivity contribution in [1.82, 2.24) is 0 Å². The lowest BCUT2D eigenvalue weighted by Crippen LogP contribution is -2.13. The molecule has 1 aliphatic carbocycles. The lowest BCUT2D eigenvalue weighted by Gasteiger charge is -2.34. The van der Waals surface area contributed by atoms with Gasteiger partial charge in [0.15, 0.2) is 0 Å². The molecule has 0 unspecified atom stereocenters. The molecule has 0 amide bonds. The van der Waals surface area contributed by atoms with Gasteiger partial charge in [-0.15, -0.1) is 0 Å². The van der Waals surface area contributed by atoms with E-state index in [1.54, 1.807) is 0 Å². The Morgan fingerprint density at radius 1 is 0.433 bits per heavy atom. The van der Waals surface area contributed by atoms with Crippen LogP contribution in [0.2, 0.25) is 0 Å². The van der Waals surface area contributed by atoms with Crippen molar-refractivity contribution in [2.24, 2.45) is 0 Å². The van der Waals surface area contributed by atoms with Crippen LogP contribution in [-0.2, 0) is 0 Å². The summed E-state index contributed by atoms with van der Waals surface area (Å²) in [5.41, 5.74) is 10.9. The van der Waals surface area contributed by atoms with Gasteiger partial charge in [-0.25, -0.2) is 0 Å². The summed E-state index contributed by atoms with van der Waals surface area (Å²) in [4.78, 5) is 0. The summed E-state index contributed by atoms with van der Waals surface area (Å²) < 4.78 is 0. The van der Waals surface area contributed by atoms with Gasteiger partial charge in [-0.2, -0.15) is 0 Å². The first-order chi connectivity index (χ1) is 14.8. The average Bonchev–Trinajstić information content (AvgIpc) is 2.83. The van der Waals surface area contributed by atoms with E-state index < -0.39 is 0 Å². The Kier molecular flexibility index (Phi) is 4.75. The topological polar surface area (TPSA) is 0 Å². The summed E-state index contributed by atoms with van der Waals surface area (Å²) in [5, 5.41) is 0. The molecule has 4 aromatic rings. The monoisotopic (exact) mass is 382 g/mol. The minimum atomic E-state index is 1.10. The third kappa shape index (κ3) is 3.13. The quantitative estimate of drug-likeness (QED) is 0.340. The Balaban J connectivity index is 1.84. The number of hydrogen-bond donors (Lipinski definition) is 0. The molecule has 5 rings (SSSR count). The second-order valence-electron chi connectivity index (χ2n) is 7.44. The molecule has 30 heavy (non-hydrogen) atoms. The summed E-state index contributed by atoms with van der Waals surface area (Å²) in [5.74, 6) is 0. The molecule has 0 heteroatoms. The van der Waals surface area contributed by atoms with E-state index >= 15 is 0 Å². The summed E-state index contributed by atoms with van der Waals surface area (Å²) >= 11 is 0. The molecule has 0 atom stereocenters. The van der Waals surface area contributed by atoms with Gasteiger partial charge >= 0.3 is 0 Å². The van der Waals surface area contributed by atoms with E-state index in [1.807, 2.05) is 0 Å². The third-order valence-electron chi connectivity index (χ3n) is 5.60. The summed E-state index contributed by atoms with van der Waals surface area (Å²) in [7, 11) is 0. The van der Waals surface area contributed by atoms with Crippen LogP contribution in [0.1, 0.15) is 22.3 Å². The van der Waals surface area contributed by atoms with Crippen LogP contribution in [0.15, 0.2) is 139 Å². The van der Waals surface area contributed by atoms with E-state index in [2.05, 4.69) is 128 Å². The highest BCUT2D eigenvalue weighted by Crippen LogP contribution is 2.54. The van der Waals surface area contributed by atoms with Crippen molar-refractivity contribution in [1.29, 1.82) is 0 Å². The minimum absolute atomic E-state index is 1.10. The van der Waals surface area contributed by atoms with Crippen LogP contribution in [0.5, 0.6) is 0 Å². The molecular weight excluding hydrogens is 360 g/mol. The fourth-order valence-electron chi connectivity index (χ4n) is 4.25. The Bertz CT molecular complexity index is 1200. The summed E-state index contributed by atoms with van der Waals surface area (Å²) in [6, 6.07) is 42.5. The van der Waals surface area contributed by atoms with Crippen molar-refractivity contribution >= 4 is 16.7 Å². The highest BCUT2D eigenvalue weighted by molar-refractivity contribution is 6.22. The molecule has 0 spiro atoms. The molecule has 0 aromatic heterocycles. The van der Waals surface area contributed by atoms with E-state index in [-0.39, 0.29) is 0 Å². The van der Waals surface area contributed by atoms with E-state index in [0.29, 0.717) is 0 Å². The number of rotatable bonds is 4. The molecular formula is C30H22. The smallest absolute Gasteiger partial charge is 0.00138 e. The second kappa shape index (κ2) is 7.85. The van der Waals surface area contributed by atoms with Crippen LogP contribution in [0.25, 0.3) is 16.7 Å². The maximum Gasteiger partial charge on any atom is -0.00138 e. The van der Waals surface area contributed by atoms with E-state index in [9.17, 15) is 0 Å². The van der Waals surface area contributed by atoms with Gasteiger partial charge in [0, 0.05) is 0 Å². The summed E-state index contributed by atoms with van der Waals surface area (Å²) in [6.45, 7) is 4.53. The van der Waals surface area contributed by atoms with E-state index in [4.69, 9.17) is 0 Å². The first-order valence-electron chi connectivity index (χ1n) is 10.2. The van der Waals surface area contributed by atoms with Crippen LogP contribution < -0.4 is 0 Å². The molecule has 0 nitrogen and oxygen atoms in total. The number of benzene rings is 4. The zero-order chi connectivity index (χ0) is 20.3. The van der Waals surface area contributed by atoms with E-state index in [1.165, 1.54) is 44.5 Å². The Labute approximate surface area is 178 Å². The Morgan fingerprint density at radius 2 is 0.800 bits per heavy atom. The Hall–Kier alpha value is -3.90. The van der Waals surface area contributed by atoms with Crippen molar-refractivity contribution in [3.05, 3.63) is 161 Å². The first-order valence-corrected chi connectivity index (χ1v) is 10.2. The molecule has 142 valence electrons. The molecule has 0 N–H and O–H groups in total. The maximum absolute atomic E-state index is 4.53. The van der Waals surface area contributed by atoms with Crippen LogP contribution in [0.4, 0.5) is 0 Å². The lowest BCUT2D eigenvalue weighted by atomic mass is 9.69. The van der Waals surface area contributed by atoms with Crippen LogP contribution in [0.3, 0.4) is 0 Å². The van der Waals surface area contributed by atoms with Gasteiger partial charge < -0.3 is 0 Å². The molecule has 0 aliphatic heterocycles. The zero-order valence-corrected chi connectivity index (χ0v) is 16.8. The van der Waals surface area contributed by atoms with Crippen molar-refractivity contribution in [2.45, 2.75) is 0 Å². The van der Waals surface area contributed by atoms with Crippen molar-refractivity contribution < 1.29 is 0 Å². The van der Waals surface area contributed by atoms with Gasteiger partial charge in [0.2, 0.25) is 0 Å². The standard InChI is InChI=1S/C30H22/c1-22-27(23-14-6-2-7-15-23)30(26-20-12-5-13-21-26)28(22)29(24-16-8-3-9-17-24)25-18-10-4-11-19-25/h2-21H,1H2. The first kappa shape index (κ1) is 18.1. The van der Waals surface area contributed by atoms with Gasteiger partial charge in [0.25, 0.3) is 0 Å². The highest BCUT2D eigenvalue weighted by Gasteiger charge is 2.33. The predicted octanol–water partition coefficient (Wildman–Crippen LogP) is 7.67. The molecule has 0 saturated carbocycles. The SMILES string of the molecule is C=C1C(=C(c2ccccc2)c2ccccc2)C(c2ccccc2)=C1c1ccccc1. The molecule has 4 aromatic carbocycles. The van der Waals surface area contributed by atoms with Gasteiger partial charge in [-0.3, -0.25) is 0 Å². The number of hydrogen-bond acceptors (Lipinski definition) is 0. The fraction of sp³-hybridized carbons (Fsp3) is 0. The number of allylic oxidation sites excluding steroid dienone is 4. The van der Waals surface area contributed by atoms with Crippen molar-refractivity contribution in [2.75, 3.05) is 0 Å². The molecule has 0 bridgehead atoms. The molecule has 0 radical (unpaired) electrons. The van der Waals surface area contributed by atoms with Crippen molar-refractivity contribution in [3.8, 4) is 0 Å². The predicted molar refractivity (Wildman–Crippen MR) is 128 cm³/mol. The molecule has 0 fully saturated rings. The minimum Gasteiger partial charge on any atom is -0.0905 e. The fourth-order valence-corrected chi connectivity index (χ4v) is 4.25. The van der Waals surface area contributed by atoms with Gasteiger partial charge in [-0.05, 0) is 50.1 Å². The van der Waals surface area contributed by atoms with Gasteiger partial charge in [0.1, 0.15) is 0 Å². The normalized spacial score (nSPS) is 13.2. The molecule has 1 aliphatic rings. The molecule has 0 saturated heterocycles. The van der Waals surface area contributed by atoms with Crippen molar-refractivity contribution in [3.63, 3.8) is 0 Å². The third-order valence-corrected chi connectivity index (χ3v) is 5.60. The lowest BCUT2D eigenvalue weighted by molar-refractivity contribution is 1.41. The van der Waals surface area contributed by atoms with E-state index in [0.717, 1.165) is 5.57 Å². The highest BCUT2D eigenvalue weighted by atomic mass is 14.4. The second-order valence-corrected chi connectivity index (χ2v) is 7.44. The van der Waals surface area contributed by atoms with Gasteiger partial charge in [-0.1, -0.05) is 128 Å². The Morgan fingerprint density at radius 3 is 1.23 bits per heavy atom. The average molecular weight is 383 g/mol. The largest absolute Gasteiger partial charge is 0.0905 e.